The van der Waals surface area contributed by atoms with E-state index in [0.29, 0.717) is 18.4 Å². The van der Waals surface area contributed by atoms with Gasteiger partial charge >= 0.3 is 5.97 Å². The number of carbonyl (C=O) groups excluding carboxylic acids is 4. The maximum absolute atomic E-state index is 12.6. The first-order chi connectivity index (χ1) is 12.4. The molecule has 2 fully saturated rings. The fourth-order valence-electron chi connectivity index (χ4n) is 3.81. The molecule has 1 aromatic carbocycles. The molecule has 1 aliphatic heterocycles. The molecule has 0 radical (unpaired) electrons. The highest BCUT2D eigenvalue weighted by molar-refractivity contribution is 6.07. The molecule has 1 aliphatic carbocycles. The summed E-state index contributed by atoms with van der Waals surface area (Å²) in [5.41, 5.74) is 5.80. The largest absolute Gasteiger partial charge is 0.446 e. The van der Waals surface area contributed by atoms with Gasteiger partial charge in [0.05, 0.1) is 11.8 Å². The van der Waals surface area contributed by atoms with Crippen LogP contribution in [-0.2, 0) is 23.9 Å². The summed E-state index contributed by atoms with van der Waals surface area (Å²) in [6.07, 6.45) is 1.89. The lowest BCUT2D eigenvalue weighted by Gasteiger charge is -2.24. The number of imide groups is 1. The van der Waals surface area contributed by atoms with Crippen molar-refractivity contribution in [3.05, 3.63) is 35.9 Å². The number of fused-ring (bicyclic) bond motifs is 1. The van der Waals surface area contributed by atoms with Gasteiger partial charge in [0.2, 0.25) is 17.9 Å². The summed E-state index contributed by atoms with van der Waals surface area (Å²) in [4.78, 5) is 50.4. The highest BCUT2D eigenvalue weighted by atomic mass is 16.5. The van der Waals surface area contributed by atoms with Crippen molar-refractivity contribution in [2.45, 2.75) is 44.8 Å². The highest BCUT2D eigenvalue weighted by Crippen LogP contribution is 2.39. The number of primary amides is 1. The summed E-state index contributed by atoms with van der Waals surface area (Å²) in [5.74, 6) is -2.96. The first-order valence-electron chi connectivity index (χ1n) is 8.83. The molecule has 1 saturated heterocycles. The van der Waals surface area contributed by atoms with Crippen molar-refractivity contribution in [2.75, 3.05) is 0 Å². The molecule has 7 nitrogen and oxygen atoms in total. The quantitative estimate of drug-likeness (QED) is 0.631. The number of rotatable bonds is 5. The van der Waals surface area contributed by atoms with Gasteiger partial charge in [-0.2, -0.15) is 0 Å². The van der Waals surface area contributed by atoms with Gasteiger partial charge in [0.15, 0.2) is 0 Å². The number of hydrogen-bond acceptors (Lipinski definition) is 5. The Balaban J connectivity index is 1.75. The minimum Gasteiger partial charge on any atom is -0.446 e. The molecular weight excluding hydrogens is 336 g/mol. The number of ether oxygens (including phenoxy) is 1. The van der Waals surface area contributed by atoms with Crippen LogP contribution in [0.5, 0.6) is 0 Å². The standard InChI is InChI=1S/C19H22N2O5/c1-11(21-17(23)13-9-5-6-10-14(13)18(21)24)19(25)26-15(16(20)22)12-7-3-2-4-8-12/h2-4,7-8,11,13-15H,5-6,9-10H2,1H3,(H2,20,22)/t11-,13?,14?,15?/m0/s1. The van der Waals surface area contributed by atoms with Crippen LogP contribution in [0.15, 0.2) is 30.3 Å². The van der Waals surface area contributed by atoms with E-state index in [1.807, 2.05) is 0 Å². The molecule has 0 bridgehead atoms. The summed E-state index contributed by atoms with van der Waals surface area (Å²) >= 11 is 0. The fraction of sp³-hybridized carbons (Fsp3) is 0.474. The maximum Gasteiger partial charge on any atom is 0.330 e. The van der Waals surface area contributed by atoms with Crippen LogP contribution in [0.4, 0.5) is 0 Å². The summed E-state index contributed by atoms with van der Waals surface area (Å²) in [6.45, 7) is 1.44. The number of carbonyl (C=O) groups is 4. The van der Waals surface area contributed by atoms with Gasteiger partial charge in [-0.15, -0.1) is 0 Å². The minimum atomic E-state index is -1.26. The topological polar surface area (TPSA) is 107 Å². The first kappa shape index (κ1) is 18.1. The Kier molecular flexibility index (Phi) is 5.06. The van der Waals surface area contributed by atoms with Crippen molar-refractivity contribution in [3.8, 4) is 0 Å². The number of nitrogens with two attached hydrogens (primary N) is 1. The van der Waals surface area contributed by atoms with Gasteiger partial charge in [0.25, 0.3) is 5.91 Å². The molecule has 3 amide bonds. The molecule has 3 unspecified atom stereocenters. The second-order valence-electron chi connectivity index (χ2n) is 6.85. The van der Waals surface area contributed by atoms with E-state index in [2.05, 4.69) is 0 Å². The van der Waals surface area contributed by atoms with E-state index in [4.69, 9.17) is 10.5 Å². The van der Waals surface area contributed by atoms with Gasteiger partial charge in [-0.3, -0.25) is 19.3 Å². The SMILES string of the molecule is C[C@@H](C(=O)OC(C(N)=O)c1ccccc1)N1C(=O)C2CCCCC2C1=O. The number of hydrogen-bond donors (Lipinski definition) is 1. The Morgan fingerprint density at radius 3 is 2.12 bits per heavy atom. The van der Waals surface area contributed by atoms with E-state index in [-0.39, 0.29) is 23.7 Å². The fourth-order valence-corrected chi connectivity index (χ4v) is 3.81. The third-order valence-corrected chi connectivity index (χ3v) is 5.20. The van der Waals surface area contributed by atoms with Crippen molar-refractivity contribution >= 4 is 23.7 Å². The smallest absolute Gasteiger partial charge is 0.330 e. The van der Waals surface area contributed by atoms with Crippen molar-refractivity contribution in [2.24, 2.45) is 17.6 Å². The molecule has 26 heavy (non-hydrogen) atoms. The van der Waals surface area contributed by atoms with Gasteiger partial charge in [-0.05, 0) is 19.8 Å². The molecular formula is C19H22N2O5. The summed E-state index contributed by atoms with van der Waals surface area (Å²) < 4.78 is 5.26. The Hall–Kier alpha value is -2.70. The minimum absolute atomic E-state index is 0.320. The number of esters is 1. The molecule has 1 aromatic rings. The monoisotopic (exact) mass is 358 g/mol. The van der Waals surface area contributed by atoms with Crippen LogP contribution in [0.25, 0.3) is 0 Å². The molecule has 0 spiro atoms. The van der Waals surface area contributed by atoms with Gasteiger partial charge in [-0.25, -0.2) is 4.79 Å². The zero-order valence-electron chi connectivity index (χ0n) is 14.6. The van der Waals surface area contributed by atoms with E-state index < -0.39 is 24.0 Å². The second-order valence-corrected chi connectivity index (χ2v) is 6.85. The van der Waals surface area contributed by atoms with Crippen LogP contribution in [0, 0.1) is 11.8 Å². The Labute approximate surface area is 151 Å². The number of benzene rings is 1. The average molecular weight is 358 g/mol. The first-order valence-corrected chi connectivity index (χ1v) is 8.83. The molecule has 0 aromatic heterocycles. The summed E-state index contributed by atoms with van der Waals surface area (Å²) in [5, 5.41) is 0. The lowest BCUT2D eigenvalue weighted by Crippen LogP contribution is -2.45. The average Bonchev–Trinajstić information content (AvgIpc) is 2.90. The van der Waals surface area contributed by atoms with E-state index in [9.17, 15) is 19.2 Å². The van der Waals surface area contributed by atoms with Gasteiger partial charge in [0, 0.05) is 5.56 Å². The molecule has 1 heterocycles. The Morgan fingerprint density at radius 1 is 1.08 bits per heavy atom. The predicted octanol–water partition coefficient (Wildman–Crippen LogP) is 1.32. The van der Waals surface area contributed by atoms with Crippen molar-refractivity contribution in [3.63, 3.8) is 0 Å². The molecule has 138 valence electrons. The molecule has 2 N–H and O–H groups in total. The molecule has 1 saturated carbocycles. The Morgan fingerprint density at radius 2 is 1.62 bits per heavy atom. The van der Waals surface area contributed by atoms with Crippen LogP contribution in [0.2, 0.25) is 0 Å². The highest BCUT2D eigenvalue weighted by Gasteiger charge is 2.51. The van der Waals surface area contributed by atoms with E-state index in [0.717, 1.165) is 17.7 Å². The van der Waals surface area contributed by atoms with Gasteiger partial charge in [0.1, 0.15) is 6.04 Å². The van der Waals surface area contributed by atoms with Crippen LogP contribution in [0.1, 0.15) is 44.3 Å². The van der Waals surface area contributed by atoms with Crippen LogP contribution < -0.4 is 5.73 Å². The second kappa shape index (κ2) is 7.27. The summed E-state index contributed by atoms with van der Waals surface area (Å²) in [6, 6.07) is 7.30. The third-order valence-electron chi connectivity index (χ3n) is 5.20. The van der Waals surface area contributed by atoms with Gasteiger partial charge in [-0.1, -0.05) is 43.2 Å². The normalized spacial score (nSPS) is 24.7. The van der Waals surface area contributed by atoms with Crippen molar-refractivity contribution < 1.29 is 23.9 Å². The lowest BCUT2D eigenvalue weighted by atomic mass is 9.81. The van der Waals surface area contributed by atoms with Crippen molar-refractivity contribution in [1.82, 2.24) is 4.90 Å². The zero-order chi connectivity index (χ0) is 18.8. The number of nitrogens with zero attached hydrogens (tertiary/aromatic N) is 1. The lowest BCUT2D eigenvalue weighted by molar-refractivity contribution is -0.164. The third kappa shape index (κ3) is 3.21. The van der Waals surface area contributed by atoms with Crippen molar-refractivity contribution in [1.29, 1.82) is 0 Å². The maximum atomic E-state index is 12.6. The zero-order valence-corrected chi connectivity index (χ0v) is 14.6. The van der Waals surface area contributed by atoms with E-state index >= 15 is 0 Å². The molecule has 2 aliphatic rings. The van der Waals surface area contributed by atoms with Crippen LogP contribution >= 0.6 is 0 Å². The van der Waals surface area contributed by atoms with Crippen LogP contribution in [0.3, 0.4) is 0 Å². The molecule has 4 atom stereocenters. The number of likely N-dealkylation sites (tertiary alicyclic amines) is 1. The molecule has 3 rings (SSSR count). The summed E-state index contributed by atoms with van der Waals surface area (Å²) in [7, 11) is 0. The number of amides is 3. The molecule has 7 heteroatoms. The Bertz CT molecular complexity index is 709. The predicted molar refractivity (Wildman–Crippen MR) is 91.2 cm³/mol. The van der Waals surface area contributed by atoms with Gasteiger partial charge < -0.3 is 10.5 Å². The van der Waals surface area contributed by atoms with E-state index in [1.165, 1.54) is 6.92 Å². The van der Waals surface area contributed by atoms with E-state index in [1.54, 1.807) is 30.3 Å². The van der Waals surface area contributed by atoms with Crippen LogP contribution in [-0.4, -0.2) is 34.6 Å².